The highest BCUT2D eigenvalue weighted by Gasteiger charge is 2.25. The molecule has 18 heavy (non-hydrogen) atoms. The second-order valence-electron chi connectivity index (χ2n) is 4.70. The standard InChI is InChI=1S/C13H17FN2O2/c14-10-5-4-8(6-11(10)15)13(18)16-7-9-2-1-3-12(9)17/h4-6,9,12,17H,1-3,7,15H2,(H,16,18). The van der Waals surface area contributed by atoms with Crippen molar-refractivity contribution in [3.8, 4) is 0 Å². The van der Waals surface area contributed by atoms with E-state index in [1.54, 1.807) is 0 Å². The van der Waals surface area contributed by atoms with Gasteiger partial charge in [-0.2, -0.15) is 0 Å². The summed E-state index contributed by atoms with van der Waals surface area (Å²) in [5, 5.41) is 12.4. The first-order valence-electron chi connectivity index (χ1n) is 6.09. The minimum absolute atomic E-state index is 0.0384. The van der Waals surface area contributed by atoms with Crippen LogP contribution in [0.25, 0.3) is 0 Å². The van der Waals surface area contributed by atoms with Crippen LogP contribution in [-0.2, 0) is 0 Å². The number of aliphatic hydroxyl groups excluding tert-OH is 1. The minimum Gasteiger partial charge on any atom is -0.396 e. The smallest absolute Gasteiger partial charge is 0.251 e. The van der Waals surface area contributed by atoms with E-state index in [-0.39, 0.29) is 23.6 Å². The average molecular weight is 252 g/mol. The van der Waals surface area contributed by atoms with Crippen molar-refractivity contribution in [3.63, 3.8) is 0 Å². The molecule has 0 saturated heterocycles. The predicted octanol–water partition coefficient (Wildman–Crippen LogP) is 1.30. The van der Waals surface area contributed by atoms with Gasteiger partial charge in [-0.25, -0.2) is 4.39 Å². The summed E-state index contributed by atoms with van der Waals surface area (Å²) in [7, 11) is 0. The van der Waals surface area contributed by atoms with E-state index in [2.05, 4.69) is 5.32 Å². The molecule has 4 N–H and O–H groups in total. The Morgan fingerprint density at radius 3 is 2.89 bits per heavy atom. The molecule has 1 aliphatic carbocycles. The molecule has 0 spiro atoms. The van der Waals surface area contributed by atoms with Crippen molar-refractivity contribution in [1.82, 2.24) is 5.32 Å². The monoisotopic (exact) mass is 252 g/mol. The molecule has 0 aliphatic heterocycles. The van der Waals surface area contributed by atoms with E-state index in [9.17, 15) is 14.3 Å². The summed E-state index contributed by atoms with van der Waals surface area (Å²) in [6.07, 6.45) is 2.38. The van der Waals surface area contributed by atoms with Crippen molar-refractivity contribution >= 4 is 11.6 Å². The number of halogens is 1. The lowest BCUT2D eigenvalue weighted by molar-refractivity contribution is 0.0917. The van der Waals surface area contributed by atoms with E-state index < -0.39 is 5.82 Å². The molecule has 4 nitrogen and oxygen atoms in total. The first-order valence-corrected chi connectivity index (χ1v) is 6.09. The summed E-state index contributed by atoms with van der Waals surface area (Å²) in [5.74, 6) is -0.703. The average Bonchev–Trinajstić information content (AvgIpc) is 2.75. The molecule has 98 valence electrons. The third-order valence-electron chi connectivity index (χ3n) is 3.40. The maximum atomic E-state index is 13.0. The Balaban J connectivity index is 1.93. The summed E-state index contributed by atoms with van der Waals surface area (Å²) in [4.78, 5) is 11.8. The van der Waals surface area contributed by atoms with E-state index in [1.165, 1.54) is 18.2 Å². The van der Waals surface area contributed by atoms with E-state index in [0.717, 1.165) is 19.3 Å². The van der Waals surface area contributed by atoms with Gasteiger partial charge in [-0.05, 0) is 31.0 Å². The number of carbonyl (C=O) groups is 1. The number of nitrogens with two attached hydrogens (primary N) is 1. The van der Waals surface area contributed by atoms with Crippen molar-refractivity contribution in [2.75, 3.05) is 12.3 Å². The van der Waals surface area contributed by atoms with Gasteiger partial charge in [-0.1, -0.05) is 6.42 Å². The van der Waals surface area contributed by atoms with Gasteiger partial charge in [0.25, 0.3) is 5.91 Å². The van der Waals surface area contributed by atoms with Crippen LogP contribution in [0.4, 0.5) is 10.1 Å². The van der Waals surface area contributed by atoms with Gasteiger partial charge in [-0.3, -0.25) is 4.79 Å². The topological polar surface area (TPSA) is 75.4 Å². The fourth-order valence-corrected chi connectivity index (χ4v) is 2.27. The Hall–Kier alpha value is -1.62. The Bertz CT molecular complexity index is 451. The molecule has 0 radical (unpaired) electrons. The number of hydrogen-bond donors (Lipinski definition) is 3. The summed E-state index contributed by atoms with van der Waals surface area (Å²) in [5.41, 5.74) is 5.70. The lowest BCUT2D eigenvalue weighted by Gasteiger charge is -2.15. The number of aliphatic hydroxyl groups is 1. The third kappa shape index (κ3) is 2.79. The summed E-state index contributed by atoms with van der Waals surface area (Å²) < 4.78 is 13.0. The first-order chi connectivity index (χ1) is 8.58. The number of nitrogens with one attached hydrogen (secondary N) is 1. The van der Waals surface area contributed by atoms with Crippen LogP contribution in [-0.4, -0.2) is 23.7 Å². The Labute approximate surface area is 105 Å². The SMILES string of the molecule is Nc1cc(C(=O)NCC2CCCC2O)ccc1F. The Morgan fingerprint density at radius 1 is 1.50 bits per heavy atom. The van der Waals surface area contributed by atoms with E-state index in [4.69, 9.17) is 5.73 Å². The van der Waals surface area contributed by atoms with E-state index in [1.807, 2.05) is 0 Å². The van der Waals surface area contributed by atoms with Crippen LogP contribution in [0.2, 0.25) is 0 Å². The zero-order valence-corrected chi connectivity index (χ0v) is 10.0. The molecular formula is C13H17FN2O2. The summed E-state index contributed by atoms with van der Waals surface area (Å²) in [6.45, 7) is 0.442. The maximum Gasteiger partial charge on any atom is 0.251 e. The van der Waals surface area contributed by atoms with Crippen molar-refractivity contribution in [1.29, 1.82) is 0 Å². The van der Waals surface area contributed by atoms with Crippen molar-refractivity contribution in [2.45, 2.75) is 25.4 Å². The molecule has 0 bridgehead atoms. The van der Waals surface area contributed by atoms with Crippen LogP contribution in [0.5, 0.6) is 0 Å². The number of hydrogen-bond acceptors (Lipinski definition) is 3. The molecule has 2 unspecified atom stereocenters. The molecule has 0 aromatic heterocycles. The Morgan fingerprint density at radius 2 is 2.28 bits per heavy atom. The van der Waals surface area contributed by atoms with Gasteiger partial charge < -0.3 is 16.2 Å². The molecular weight excluding hydrogens is 235 g/mol. The lowest BCUT2D eigenvalue weighted by atomic mass is 10.1. The zero-order chi connectivity index (χ0) is 13.1. The van der Waals surface area contributed by atoms with Gasteiger partial charge in [0.15, 0.2) is 0 Å². The quantitative estimate of drug-likeness (QED) is 0.710. The summed E-state index contributed by atoms with van der Waals surface area (Å²) >= 11 is 0. The van der Waals surface area contributed by atoms with Crippen LogP contribution in [0.3, 0.4) is 0 Å². The van der Waals surface area contributed by atoms with E-state index in [0.29, 0.717) is 12.1 Å². The number of anilines is 1. The highest BCUT2D eigenvalue weighted by molar-refractivity contribution is 5.95. The number of rotatable bonds is 3. The molecule has 5 heteroatoms. The second kappa shape index (κ2) is 5.35. The lowest BCUT2D eigenvalue weighted by Crippen LogP contribution is -2.32. The predicted molar refractivity (Wildman–Crippen MR) is 66.5 cm³/mol. The minimum atomic E-state index is -0.530. The van der Waals surface area contributed by atoms with Gasteiger partial charge in [0.05, 0.1) is 11.8 Å². The van der Waals surface area contributed by atoms with Crippen LogP contribution in [0.1, 0.15) is 29.6 Å². The largest absolute Gasteiger partial charge is 0.396 e. The second-order valence-corrected chi connectivity index (χ2v) is 4.70. The molecule has 0 heterocycles. The van der Waals surface area contributed by atoms with Crippen LogP contribution < -0.4 is 11.1 Å². The van der Waals surface area contributed by atoms with Crippen molar-refractivity contribution in [2.24, 2.45) is 5.92 Å². The normalized spacial score (nSPS) is 23.0. The number of carbonyl (C=O) groups excluding carboxylic acids is 1. The maximum absolute atomic E-state index is 13.0. The number of benzene rings is 1. The van der Waals surface area contributed by atoms with Gasteiger partial charge in [0, 0.05) is 18.0 Å². The highest BCUT2D eigenvalue weighted by atomic mass is 19.1. The summed E-state index contributed by atoms with van der Waals surface area (Å²) in [6, 6.07) is 3.89. The van der Waals surface area contributed by atoms with Gasteiger partial charge in [0.2, 0.25) is 0 Å². The fourth-order valence-electron chi connectivity index (χ4n) is 2.27. The van der Waals surface area contributed by atoms with Crippen LogP contribution in [0.15, 0.2) is 18.2 Å². The van der Waals surface area contributed by atoms with Gasteiger partial charge in [-0.15, -0.1) is 0 Å². The fraction of sp³-hybridized carbons (Fsp3) is 0.462. The van der Waals surface area contributed by atoms with Crippen molar-refractivity contribution in [3.05, 3.63) is 29.6 Å². The van der Waals surface area contributed by atoms with Gasteiger partial charge in [0.1, 0.15) is 5.82 Å². The molecule has 1 aromatic rings. The van der Waals surface area contributed by atoms with E-state index >= 15 is 0 Å². The molecule has 2 atom stereocenters. The molecule has 1 aliphatic rings. The number of amides is 1. The molecule has 1 aromatic carbocycles. The van der Waals surface area contributed by atoms with Crippen LogP contribution >= 0.6 is 0 Å². The van der Waals surface area contributed by atoms with Crippen molar-refractivity contribution < 1.29 is 14.3 Å². The Kier molecular flexibility index (Phi) is 3.81. The van der Waals surface area contributed by atoms with Gasteiger partial charge >= 0.3 is 0 Å². The molecule has 1 amide bonds. The van der Waals surface area contributed by atoms with Crippen LogP contribution in [0, 0.1) is 11.7 Å². The number of nitrogen functional groups attached to an aromatic ring is 1. The molecule has 2 rings (SSSR count). The molecule has 1 fully saturated rings. The highest BCUT2D eigenvalue weighted by Crippen LogP contribution is 2.24. The zero-order valence-electron chi connectivity index (χ0n) is 10.0. The molecule has 1 saturated carbocycles. The third-order valence-corrected chi connectivity index (χ3v) is 3.40. The first kappa shape index (κ1) is 12.8.